The van der Waals surface area contributed by atoms with E-state index in [9.17, 15) is 4.79 Å². The fourth-order valence-electron chi connectivity index (χ4n) is 3.37. The van der Waals surface area contributed by atoms with Crippen molar-refractivity contribution < 1.29 is 4.79 Å². The average Bonchev–Trinajstić information content (AvgIpc) is 3.11. The van der Waals surface area contributed by atoms with Crippen LogP contribution < -0.4 is 5.32 Å². The lowest BCUT2D eigenvalue weighted by molar-refractivity contribution is -0.122. The summed E-state index contributed by atoms with van der Waals surface area (Å²) >= 11 is 0. The number of hydrogen-bond donors (Lipinski definition) is 1. The Labute approximate surface area is 124 Å². The molecule has 1 heterocycles. The number of anilines is 1. The van der Waals surface area contributed by atoms with E-state index in [0.29, 0.717) is 5.92 Å². The molecule has 2 fully saturated rings. The van der Waals surface area contributed by atoms with Gasteiger partial charge in [-0.05, 0) is 61.4 Å². The Morgan fingerprint density at radius 2 is 2.14 bits per heavy atom. The van der Waals surface area contributed by atoms with Gasteiger partial charge in [-0.1, -0.05) is 12.1 Å². The quantitative estimate of drug-likeness (QED) is 0.931. The van der Waals surface area contributed by atoms with Crippen LogP contribution in [-0.2, 0) is 4.79 Å². The van der Waals surface area contributed by atoms with Crippen molar-refractivity contribution in [3.05, 3.63) is 48.2 Å². The van der Waals surface area contributed by atoms with Gasteiger partial charge in [0.1, 0.15) is 0 Å². The molecule has 3 heteroatoms. The molecule has 0 spiro atoms. The largest absolute Gasteiger partial charge is 0.326 e. The maximum atomic E-state index is 12.2. The van der Waals surface area contributed by atoms with Gasteiger partial charge in [-0.3, -0.25) is 9.78 Å². The monoisotopic (exact) mass is 278 g/mol. The first-order chi connectivity index (χ1) is 10.2. The van der Waals surface area contributed by atoms with Crippen molar-refractivity contribution in [3.8, 4) is 11.3 Å². The number of fused-ring (bicyclic) bond motifs is 1. The first kappa shape index (κ1) is 12.6. The third-order valence-corrected chi connectivity index (χ3v) is 4.83. The van der Waals surface area contributed by atoms with Crippen LogP contribution in [0.1, 0.15) is 18.4 Å². The Balaban J connectivity index is 1.57. The van der Waals surface area contributed by atoms with E-state index in [1.54, 1.807) is 6.20 Å². The SMILES string of the molecule is Cc1ccc(NC(=O)[C@@H]2C[C@@H]3C[C@@H]32)cc1-c1ccccn1. The number of nitrogens with one attached hydrogen (secondary N) is 1. The van der Waals surface area contributed by atoms with E-state index in [1.807, 2.05) is 36.4 Å². The van der Waals surface area contributed by atoms with Gasteiger partial charge in [0.25, 0.3) is 0 Å². The van der Waals surface area contributed by atoms with Crippen molar-refractivity contribution in [2.45, 2.75) is 19.8 Å². The summed E-state index contributed by atoms with van der Waals surface area (Å²) in [6, 6.07) is 11.9. The molecule has 2 saturated carbocycles. The molecule has 1 aromatic carbocycles. The number of carbonyl (C=O) groups is 1. The summed E-state index contributed by atoms with van der Waals surface area (Å²) in [5.74, 6) is 1.95. The molecule has 0 radical (unpaired) electrons. The molecular weight excluding hydrogens is 260 g/mol. The second-order valence-electron chi connectivity index (χ2n) is 6.24. The average molecular weight is 278 g/mol. The van der Waals surface area contributed by atoms with Crippen molar-refractivity contribution >= 4 is 11.6 Å². The second-order valence-corrected chi connectivity index (χ2v) is 6.24. The van der Waals surface area contributed by atoms with Crippen LogP contribution in [0, 0.1) is 24.7 Å². The van der Waals surface area contributed by atoms with Gasteiger partial charge in [0.2, 0.25) is 5.91 Å². The maximum absolute atomic E-state index is 12.2. The molecule has 3 atom stereocenters. The smallest absolute Gasteiger partial charge is 0.227 e. The van der Waals surface area contributed by atoms with E-state index in [0.717, 1.165) is 34.8 Å². The first-order valence-electron chi connectivity index (χ1n) is 7.55. The Morgan fingerprint density at radius 3 is 2.81 bits per heavy atom. The fourth-order valence-corrected chi connectivity index (χ4v) is 3.37. The van der Waals surface area contributed by atoms with Gasteiger partial charge in [0, 0.05) is 23.4 Å². The minimum atomic E-state index is 0.185. The van der Waals surface area contributed by atoms with Gasteiger partial charge < -0.3 is 5.32 Å². The molecule has 1 amide bonds. The summed E-state index contributed by atoms with van der Waals surface area (Å²) in [7, 11) is 0. The zero-order chi connectivity index (χ0) is 14.4. The number of aromatic nitrogens is 1. The predicted molar refractivity (Wildman–Crippen MR) is 82.7 cm³/mol. The van der Waals surface area contributed by atoms with Gasteiger partial charge in [0.15, 0.2) is 0 Å². The number of pyridine rings is 1. The molecule has 1 aromatic heterocycles. The maximum Gasteiger partial charge on any atom is 0.227 e. The molecule has 0 bridgehead atoms. The van der Waals surface area contributed by atoms with Gasteiger partial charge in [0.05, 0.1) is 5.69 Å². The Morgan fingerprint density at radius 1 is 1.24 bits per heavy atom. The van der Waals surface area contributed by atoms with E-state index >= 15 is 0 Å². The summed E-state index contributed by atoms with van der Waals surface area (Å²) < 4.78 is 0. The molecule has 3 nitrogen and oxygen atoms in total. The molecule has 2 aliphatic carbocycles. The van der Waals surface area contributed by atoms with Crippen LogP contribution in [0.25, 0.3) is 11.3 Å². The topological polar surface area (TPSA) is 42.0 Å². The summed E-state index contributed by atoms with van der Waals surface area (Å²) in [5.41, 5.74) is 4.05. The highest BCUT2D eigenvalue weighted by Gasteiger charge is 2.56. The van der Waals surface area contributed by atoms with E-state index in [-0.39, 0.29) is 11.8 Å². The van der Waals surface area contributed by atoms with Crippen LogP contribution in [-0.4, -0.2) is 10.9 Å². The van der Waals surface area contributed by atoms with Crippen molar-refractivity contribution in [2.24, 2.45) is 17.8 Å². The van der Waals surface area contributed by atoms with Crippen LogP contribution in [0.2, 0.25) is 0 Å². The Kier molecular flexibility index (Phi) is 2.81. The third-order valence-electron chi connectivity index (χ3n) is 4.83. The van der Waals surface area contributed by atoms with E-state index in [2.05, 4.69) is 17.2 Å². The second kappa shape index (κ2) is 4.69. The summed E-state index contributed by atoms with van der Waals surface area (Å²) in [6.07, 6.45) is 4.13. The zero-order valence-electron chi connectivity index (χ0n) is 12.0. The minimum absolute atomic E-state index is 0.185. The number of amides is 1. The highest BCUT2D eigenvalue weighted by atomic mass is 16.2. The van der Waals surface area contributed by atoms with Crippen LogP contribution in [0.4, 0.5) is 5.69 Å². The number of hydrogen-bond acceptors (Lipinski definition) is 2. The van der Waals surface area contributed by atoms with Crippen molar-refractivity contribution in [1.29, 1.82) is 0 Å². The molecule has 0 saturated heterocycles. The molecule has 0 aliphatic heterocycles. The molecule has 21 heavy (non-hydrogen) atoms. The Bertz CT molecular complexity index is 696. The predicted octanol–water partition coefficient (Wildman–Crippen LogP) is 3.65. The molecule has 0 unspecified atom stereocenters. The van der Waals surface area contributed by atoms with Gasteiger partial charge >= 0.3 is 0 Å². The van der Waals surface area contributed by atoms with Crippen LogP contribution in [0.3, 0.4) is 0 Å². The first-order valence-corrected chi connectivity index (χ1v) is 7.55. The lowest BCUT2D eigenvalue weighted by atomic mass is 9.84. The lowest BCUT2D eigenvalue weighted by Crippen LogP contribution is -2.30. The van der Waals surface area contributed by atoms with Crippen LogP contribution in [0.15, 0.2) is 42.6 Å². The van der Waals surface area contributed by atoms with Crippen LogP contribution >= 0.6 is 0 Å². The summed E-state index contributed by atoms with van der Waals surface area (Å²) in [4.78, 5) is 16.6. The van der Waals surface area contributed by atoms with E-state index in [4.69, 9.17) is 0 Å². The van der Waals surface area contributed by atoms with Gasteiger partial charge in [-0.2, -0.15) is 0 Å². The number of aryl methyl sites for hydroxylation is 1. The minimum Gasteiger partial charge on any atom is -0.326 e. The summed E-state index contributed by atoms with van der Waals surface area (Å²) in [5, 5.41) is 3.07. The van der Waals surface area contributed by atoms with Crippen molar-refractivity contribution in [1.82, 2.24) is 4.98 Å². The van der Waals surface area contributed by atoms with Crippen molar-refractivity contribution in [2.75, 3.05) is 5.32 Å². The Hall–Kier alpha value is -2.16. The van der Waals surface area contributed by atoms with Crippen LogP contribution in [0.5, 0.6) is 0 Å². The van der Waals surface area contributed by atoms with Crippen molar-refractivity contribution in [3.63, 3.8) is 0 Å². The highest BCUT2D eigenvalue weighted by molar-refractivity contribution is 5.94. The third kappa shape index (κ3) is 2.23. The molecule has 1 N–H and O–H groups in total. The zero-order valence-corrected chi connectivity index (χ0v) is 12.0. The number of benzene rings is 1. The molecule has 2 aliphatic rings. The van der Waals surface area contributed by atoms with Gasteiger partial charge in [-0.25, -0.2) is 0 Å². The number of carbonyl (C=O) groups excluding carboxylic acids is 1. The highest BCUT2D eigenvalue weighted by Crippen LogP contribution is 2.59. The van der Waals surface area contributed by atoms with Gasteiger partial charge in [-0.15, -0.1) is 0 Å². The standard InChI is InChI=1S/C18H18N2O/c1-11-5-6-13(10-14(11)17-4-2-3-7-19-17)20-18(21)16-9-12-8-15(12)16/h2-7,10,12,15-16H,8-9H2,1H3,(H,20,21)/t12-,15-,16+/m0/s1. The summed E-state index contributed by atoms with van der Waals surface area (Å²) in [6.45, 7) is 2.07. The molecule has 106 valence electrons. The number of rotatable bonds is 3. The number of nitrogens with zero attached hydrogens (tertiary/aromatic N) is 1. The molecule has 2 aromatic rings. The van der Waals surface area contributed by atoms with E-state index < -0.39 is 0 Å². The molecule has 4 rings (SSSR count). The fraction of sp³-hybridized carbons (Fsp3) is 0.333. The lowest BCUT2D eigenvalue weighted by Gasteiger charge is -2.23. The normalized spacial score (nSPS) is 25.7. The molecular formula is C18H18N2O. The van der Waals surface area contributed by atoms with E-state index in [1.165, 1.54) is 6.42 Å².